The summed E-state index contributed by atoms with van der Waals surface area (Å²) in [4.78, 5) is 20.1. The number of pyridine rings is 1. The molecule has 1 aliphatic rings. The molecule has 0 fully saturated rings. The van der Waals surface area contributed by atoms with Gasteiger partial charge < -0.3 is 9.30 Å². The number of nitrogens with zero attached hydrogens (tertiary/aromatic N) is 7. The van der Waals surface area contributed by atoms with Gasteiger partial charge in [0.15, 0.2) is 18.7 Å². The van der Waals surface area contributed by atoms with Crippen molar-refractivity contribution in [3.63, 3.8) is 0 Å². The van der Waals surface area contributed by atoms with Crippen LogP contribution >= 0.6 is 0 Å². The Morgan fingerprint density at radius 1 is 0.702 bits per heavy atom. The largest absolute Gasteiger partial charge is 2.00 e. The number of aryl methyl sites for hydroxylation is 2. The van der Waals surface area contributed by atoms with E-state index in [4.69, 9.17) is 24.7 Å². The van der Waals surface area contributed by atoms with Gasteiger partial charge in [0, 0.05) is 34.3 Å². The van der Waals surface area contributed by atoms with E-state index in [0.29, 0.717) is 34.5 Å². The van der Waals surface area contributed by atoms with Crippen LogP contribution in [0, 0.1) is 26.0 Å². The SMILES string of the molecule is Cc1ccc(-c2nc(-c3ccc(C)cc3)nc(-c3cc4c5cc(C(C)(C)C)ccc5n(-c5ccccn5)c4[c-]c3Oc3[c-]c([N+]4=C=[N+](C)C=C4)ccc3)n2)cc1.[Pt+2]. The first-order chi connectivity index (χ1) is 27.1. The fourth-order valence-electron chi connectivity index (χ4n) is 6.85. The predicted octanol–water partition coefficient (Wildman–Crippen LogP) is 10.6. The maximum atomic E-state index is 6.85. The zero-order valence-electron chi connectivity index (χ0n) is 32.5. The standard InChI is InChI=1S/C48H39N7O.Pt/c1-31-13-17-33(18-14-31)45-50-46(34-19-15-32(2)16-20-34)52-47(51-45)40-28-39-38-26-35(48(3,4)5)21-22-41(38)55(44-12-7-8-23-49-44)42(39)29-43(40)56-37-11-9-10-36(27-37)54-25-24-53(6)30-54;/h7-26,28H,1-6H3;/q;+2. The van der Waals surface area contributed by atoms with Crippen molar-refractivity contribution in [1.29, 1.82) is 0 Å². The Morgan fingerprint density at radius 2 is 1.39 bits per heavy atom. The third-order valence-corrected chi connectivity index (χ3v) is 9.94. The van der Waals surface area contributed by atoms with Gasteiger partial charge in [0.1, 0.15) is 17.3 Å². The minimum Gasteiger partial charge on any atom is -0.508 e. The number of ether oxygens (including phenoxy) is 1. The first-order valence-electron chi connectivity index (χ1n) is 18.6. The van der Waals surface area contributed by atoms with E-state index < -0.39 is 0 Å². The fourth-order valence-corrected chi connectivity index (χ4v) is 6.85. The molecule has 0 bridgehead atoms. The van der Waals surface area contributed by atoms with Crippen molar-refractivity contribution in [2.75, 3.05) is 7.05 Å². The maximum Gasteiger partial charge on any atom is 2.00 e. The topological polar surface area (TPSA) is 71.7 Å². The number of benzene rings is 5. The quantitative estimate of drug-likeness (QED) is 0.118. The Labute approximate surface area is 346 Å². The minimum atomic E-state index is -0.0711. The van der Waals surface area contributed by atoms with Crippen molar-refractivity contribution in [1.82, 2.24) is 24.5 Å². The Hall–Kier alpha value is -6.33. The van der Waals surface area contributed by atoms with E-state index in [1.54, 1.807) is 0 Å². The Morgan fingerprint density at radius 3 is 2.00 bits per heavy atom. The summed E-state index contributed by atoms with van der Waals surface area (Å²) in [5.74, 6) is 3.32. The molecule has 3 aromatic heterocycles. The van der Waals surface area contributed by atoms with Crippen molar-refractivity contribution in [2.45, 2.75) is 40.0 Å². The number of fused-ring (bicyclic) bond motifs is 3. The van der Waals surface area contributed by atoms with E-state index >= 15 is 0 Å². The molecule has 4 heterocycles. The molecule has 0 spiro atoms. The number of rotatable bonds is 7. The second kappa shape index (κ2) is 15.0. The Kier molecular flexibility index (Phi) is 9.87. The van der Waals surface area contributed by atoms with E-state index in [2.05, 4.69) is 106 Å². The number of hydrogen-bond acceptors (Lipinski definition) is 5. The van der Waals surface area contributed by atoms with Gasteiger partial charge in [0.2, 0.25) is 6.20 Å². The van der Waals surface area contributed by atoms with Crippen molar-refractivity contribution >= 4 is 33.5 Å². The van der Waals surface area contributed by atoms with Crippen LogP contribution in [-0.4, -0.2) is 46.7 Å². The summed E-state index contributed by atoms with van der Waals surface area (Å²) in [5.41, 5.74) is 8.51. The summed E-state index contributed by atoms with van der Waals surface area (Å²) >= 11 is 0. The summed E-state index contributed by atoms with van der Waals surface area (Å²) in [7, 11) is 1.93. The molecule has 8 aromatic rings. The molecular formula is C48H39N7OPt+2. The molecule has 0 saturated carbocycles. The Balaban J connectivity index is 0.00000455. The van der Waals surface area contributed by atoms with Crippen LogP contribution in [-0.2, 0) is 26.5 Å². The van der Waals surface area contributed by atoms with Gasteiger partial charge in [-0.05, 0) is 54.0 Å². The maximum absolute atomic E-state index is 6.85. The van der Waals surface area contributed by atoms with Crippen LogP contribution in [0.3, 0.4) is 0 Å². The third-order valence-electron chi connectivity index (χ3n) is 9.94. The van der Waals surface area contributed by atoms with Crippen LogP contribution in [0.5, 0.6) is 11.5 Å². The molecular weight excluding hydrogens is 886 g/mol. The average Bonchev–Trinajstić information content (AvgIpc) is 3.78. The molecule has 0 radical (unpaired) electrons. The number of hydrogen-bond donors (Lipinski definition) is 0. The third kappa shape index (κ3) is 7.38. The second-order valence-electron chi connectivity index (χ2n) is 15.2. The van der Waals surface area contributed by atoms with Gasteiger partial charge in [0.05, 0.1) is 0 Å². The van der Waals surface area contributed by atoms with Crippen LogP contribution < -0.4 is 4.74 Å². The smallest absolute Gasteiger partial charge is 0.508 e. The average molecular weight is 925 g/mol. The van der Waals surface area contributed by atoms with Gasteiger partial charge in [-0.25, -0.2) is 19.9 Å². The molecule has 57 heavy (non-hydrogen) atoms. The first kappa shape index (κ1) is 37.6. The summed E-state index contributed by atoms with van der Waals surface area (Å²) in [6.45, 7) is 10.8. The molecule has 9 rings (SSSR count). The summed E-state index contributed by atoms with van der Waals surface area (Å²) < 4.78 is 12.7. The van der Waals surface area contributed by atoms with E-state index in [1.807, 2.05) is 95.5 Å². The van der Waals surface area contributed by atoms with Gasteiger partial charge in [-0.1, -0.05) is 125 Å². The van der Waals surface area contributed by atoms with Crippen molar-refractivity contribution < 1.29 is 35.0 Å². The summed E-state index contributed by atoms with van der Waals surface area (Å²) in [5, 5.41) is 2.04. The predicted molar refractivity (Wildman–Crippen MR) is 221 cm³/mol. The summed E-state index contributed by atoms with van der Waals surface area (Å²) in [6, 6.07) is 47.4. The van der Waals surface area contributed by atoms with Crippen LogP contribution in [0.2, 0.25) is 0 Å². The zero-order valence-corrected chi connectivity index (χ0v) is 34.8. The van der Waals surface area contributed by atoms with E-state index in [1.165, 1.54) is 5.56 Å². The molecule has 1 aliphatic heterocycles. The van der Waals surface area contributed by atoms with Crippen LogP contribution in [0.15, 0.2) is 128 Å². The number of aromatic nitrogens is 5. The molecule has 9 heteroatoms. The zero-order chi connectivity index (χ0) is 38.6. The van der Waals surface area contributed by atoms with E-state index in [-0.39, 0.29) is 26.5 Å². The first-order valence-corrected chi connectivity index (χ1v) is 18.6. The van der Waals surface area contributed by atoms with E-state index in [9.17, 15) is 0 Å². The van der Waals surface area contributed by atoms with Crippen LogP contribution in [0.25, 0.3) is 61.8 Å². The molecule has 0 amide bonds. The molecule has 8 nitrogen and oxygen atoms in total. The van der Waals surface area contributed by atoms with Gasteiger partial charge in [-0.3, -0.25) is 0 Å². The van der Waals surface area contributed by atoms with Crippen molar-refractivity contribution in [3.05, 3.63) is 157 Å². The molecule has 280 valence electrons. The van der Waals surface area contributed by atoms with Crippen molar-refractivity contribution in [3.8, 4) is 51.5 Å². The molecule has 0 atom stereocenters. The molecule has 0 aliphatic carbocycles. The van der Waals surface area contributed by atoms with Crippen molar-refractivity contribution in [2.24, 2.45) is 0 Å². The molecule has 0 unspecified atom stereocenters. The van der Waals surface area contributed by atoms with Gasteiger partial charge in [-0.2, -0.15) is 6.07 Å². The van der Waals surface area contributed by atoms with Crippen LogP contribution in [0.4, 0.5) is 5.69 Å². The second-order valence-corrected chi connectivity index (χ2v) is 15.2. The molecule has 5 aromatic carbocycles. The normalized spacial score (nSPS) is 12.5. The van der Waals surface area contributed by atoms with Gasteiger partial charge in [0.25, 0.3) is 6.20 Å². The molecule has 0 saturated heterocycles. The van der Waals surface area contributed by atoms with Gasteiger partial charge >= 0.3 is 27.1 Å². The monoisotopic (exact) mass is 924 g/mol. The summed E-state index contributed by atoms with van der Waals surface area (Å²) in [6.07, 6.45) is 5.67. The van der Waals surface area contributed by atoms with E-state index in [0.717, 1.165) is 55.6 Å². The van der Waals surface area contributed by atoms with Gasteiger partial charge in [-0.15, -0.1) is 23.6 Å². The Bertz CT molecular complexity index is 2850. The molecule has 0 N–H and O–H groups in total. The van der Waals surface area contributed by atoms with Crippen LogP contribution in [0.1, 0.15) is 37.5 Å². The minimum absolute atomic E-state index is 0. The fraction of sp³-hybridized carbons (Fsp3) is 0.146.